The molecule has 0 aliphatic heterocycles. The van der Waals surface area contributed by atoms with Crippen LogP contribution in [0.3, 0.4) is 0 Å². The van der Waals surface area contributed by atoms with Gasteiger partial charge in [-0.15, -0.1) is 11.3 Å². The van der Waals surface area contributed by atoms with Gasteiger partial charge >= 0.3 is 5.97 Å². The van der Waals surface area contributed by atoms with Crippen molar-refractivity contribution in [2.75, 3.05) is 0 Å². The number of esters is 1. The molecule has 0 spiro atoms. The first-order chi connectivity index (χ1) is 12.8. The number of carbonyl (C=O) groups is 1. The Morgan fingerprint density at radius 3 is 2.58 bits per heavy atom. The highest BCUT2D eigenvalue weighted by atomic mass is 32.1. The minimum Gasteiger partial charge on any atom is -0.459 e. The summed E-state index contributed by atoms with van der Waals surface area (Å²) in [6.45, 7) is 0.201. The van der Waals surface area contributed by atoms with E-state index in [1.807, 2.05) is 78.2 Å². The summed E-state index contributed by atoms with van der Waals surface area (Å²) in [5.41, 5.74) is 2.84. The third-order valence-electron chi connectivity index (χ3n) is 4.17. The third kappa shape index (κ3) is 3.65. The van der Waals surface area contributed by atoms with Gasteiger partial charge in [-0.2, -0.15) is 0 Å². The number of hydrogen-bond acceptors (Lipinski definition) is 4. The lowest BCUT2D eigenvalue weighted by Gasteiger charge is -2.06. The summed E-state index contributed by atoms with van der Waals surface area (Å²) in [7, 11) is 0. The number of hydrogen-bond donors (Lipinski definition) is 0. The van der Waals surface area contributed by atoms with E-state index in [2.05, 4.69) is 4.98 Å². The lowest BCUT2D eigenvalue weighted by Crippen LogP contribution is -2.08. The van der Waals surface area contributed by atoms with Crippen LogP contribution >= 0.6 is 11.3 Å². The van der Waals surface area contributed by atoms with Gasteiger partial charge in [0.1, 0.15) is 11.6 Å². The van der Waals surface area contributed by atoms with E-state index in [-0.39, 0.29) is 19.0 Å². The molecular formula is C22H17NO2S. The van der Waals surface area contributed by atoms with E-state index in [0.717, 1.165) is 32.6 Å². The molecule has 0 unspecified atom stereocenters. The van der Waals surface area contributed by atoms with Gasteiger partial charge < -0.3 is 4.74 Å². The first kappa shape index (κ1) is 16.5. The molecule has 0 aliphatic carbocycles. The quantitative estimate of drug-likeness (QED) is 0.457. The minimum absolute atomic E-state index is 0.201. The predicted octanol–water partition coefficient (Wildman–Crippen LogP) is 5.25. The normalized spacial score (nSPS) is 10.8. The van der Waals surface area contributed by atoms with Crippen LogP contribution in [0.25, 0.3) is 21.3 Å². The highest BCUT2D eigenvalue weighted by Gasteiger charge is 2.10. The molecule has 0 saturated heterocycles. The molecule has 0 N–H and O–H groups in total. The second-order valence-corrected chi connectivity index (χ2v) is 6.84. The Hall–Kier alpha value is -2.98. The van der Waals surface area contributed by atoms with Crippen LogP contribution in [0.5, 0.6) is 0 Å². The molecule has 26 heavy (non-hydrogen) atoms. The van der Waals surface area contributed by atoms with Crippen molar-refractivity contribution in [1.29, 1.82) is 0 Å². The van der Waals surface area contributed by atoms with E-state index in [9.17, 15) is 4.79 Å². The van der Waals surface area contributed by atoms with Crippen LogP contribution in [-0.4, -0.2) is 11.0 Å². The SMILES string of the molecule is O=C(Cc1cccc2ccccc12)OCc1csc(-c2ccccc2)n1. The summed E-state index contributed by atoms with van der Waals surface area (Å²) in [5, 5.41) is 5.09. The van der Waals surface area contributed by atoms with Crippen LogP contribution in [0, 0.1) is 0 Å². The van der Waals surface area contributed by atoms with Gasteiger partial charge in [0.2, 0.25) is 0 Å². The number of carbonyl (C=O) groups excluding carboxylic acids is 1. The minimum atomic E-state index is -0.240. The van der Waals surface area contributed by atoms with Crippen molar-refractivity contribution in [2.45, 2.75) is 13.0 Å². The second-order valence-electron chi connectivity index (χ2n) is 5.99. The second kappa shape index (κ2) is 7.50. The van der Waals surface area contributed by atoms with E-state index in [1.54, 1.807) is 11.3 Å². The Kier molecular flexibility index (Phi) is 4.75. The molecule has 0 amide bonds. The number of rotatable bonds is 5. The number of thiazole rings is 1. The molecule has 3 aromatic carbocycles. The van der Waals surface area contributed by atoms with Crippen LogP contribution in [0.1, 0.15) is 11.3 Å². The average Bonchev–Trinajstić information content (AvgIpc) is 3.17. The van der Waals surface area contributed by atoms with Crippen LogP contribution in [0.2, 0.25) is 0 Å². The first-order valence-electron chi connectivity index (χ1n) is 8.42. The van der Waals surface area contributed by atoms with Gasteiger partial charge in [0.05, 0.1) is 12.1 Å². The van der Waals surface area contributed by atoms with Crippen molar-refractivity contribution in [2.24, 2.45) is 0 Å². The van der Waals surface area contributed by atoms with Crippen molar-refractivity contribution in [1.82, 2.24) is 4.98 Å². The molecule has 4 rings (SSSR count). The maximum atomic E-state index is 12.3. The van der Waals surface area contributed by atoms with Crippen molar-refractivity contribution >= 4 is 28.1 Å². The monoisotopic (exact) mass is 359 g/mol. The summed E-state index contributed by atoms with van der Waals surface area (Å²) in [4.78, 5) is 16.8. The number of aromatic nitrogens is 1. The zero-order chi connectivity index (χ0) is 17.8. The third-order valence-corrected chi connectivity index (χ3v) is 5.11. The topological polar surface area (TPSA) is 39.2 Å². The molecule has 4 heteroatoms. The molecule has 0 bridgehead atoms. The van der Waals surface area contributed by atoms with Crippen LogP contribution in [0.15, 0.2) is 78.2 Å². The van der Waals surface area contributed by atoms with E-state index in [0.29, 0.717) is 0 Å². The Bertz CT molecular complexity index is 1030. The Labute approximate surface area is 155 Å². The Balaban J connectivity index is 1.41. The predicted molar refractivity (Wildman–Crippen MR) is 105 cm³/mol. The first-order valence-corrected chi connectivity index (χ1v) is 9.30. The van der Waals surface area contributed by atoms with Crippen LogP contribution < -0.4 is 0 Å². The zero-order valence-electron chi connectivity index (χ0n) is 14.1. The smallest absolute Gasteiger partial charge is 0.310 e. The maximum Gasteiger partial charge on any atom is 0.310 e. The van der Waals surface area contributed by atoms with Gasteiger partial charge in [-0.1, -0.05) is 72.8 Å². The van der Waals surface area contributed by atoms with Crippen molar-refractivity contribution in [3.63, 3.8) is 0 Å². The summed E-state index contributed by atoms with van der Waals surface area (Å²) < 4.78 is 5.44. The molecule has 128 valence electrons. The Morgan fingerprint density at radius 2 is 1.69 bits per heavy atom. The van der Waals surface area contributed by atoms with E-state index < -0.39 is 0 Å². The number of benzene rings is 3. The van der Waals surface area contributed by atoms with Gasteiger partial charge in [-0.25, -0.2) is 4.98 Å². The maximum absolute atomic E-state index is 12.3. The molecule has 0 saturated carbocycles. The number of fused-ring (bicyclic) bond motifs is 1. The summed E-state index contributed by atoms with van der Waals surface area (Å²) in [6.07, 6.45) is 0.261. The van der Waals surface area contributed by atoms with Crippen LogP contribution in [0.4, 0.5) is 0 Å². The average molecular weight is 359 g/mol. The molecule has 1 heterocycles. The molecule has 0 atom stereocenters. The van der Waals surface area contributed by atoms with Crippen molar-refractivity contribution < 1.29 is 9.53 Å². The molecule has 3 nitrogen and oxygen atoms in total. The van der Waals surface area contributed by atoms with Crippen molar-refractivity contribution in [3.8, 4) is 10.6 Å². The highest BCUT2D eigenvalue weighted by molar-refractivity contribution is 7.13. The number of ether oxygens (including phenoxy) is 1. The van der Waals surface area contributed by atoms with Crippen LogP contribution in [-0.2, 0) is 22.6 Å². The zero-order valence-corrected chi connectivity index (χ0v) is 14.9. The van der Waals surface area contributed by atoms with Gasteiger partial charge in [-0.3, -0.25) is 4.79 Å². The lowest BCUT2D eigenvalue weighted by atomic mass is 10.0. The standard InChI is InChI=1S/C22H17NO2S/c24-21(13-18-11-6-10-16-7-4-5-12-20(16)18)25-14-19-15-26-22(23-19)17-8-2-1-3-9-17/h1-12,15H,13-14H2. The van der Waals surface area contributed by atoms with Gasteiger partial charge in [0, 0.05) is 10.9 Å². The van der Waals surface area contributed by atoms with E-state index in [4.69, 9.17) is 4.74 Å². The van der Waals surface area contributed by atoms with Gasteiger partial charge in [-0.05, 0) is 16.3 Å². The molecule has 4 aromatic rings. The molecule has 0 fully saturated rings. The molecule has 1 aromatic heterocycles. The fraction of sp³-hybridized carbons (Fsp3) is 0.0909. The lowest BCUT2D eigenvalue weighted by molar-refractivity contribution is -0.144. The van der Waals surface area contributed by atoms with Gasteiger partial charge in [0.25, 0.3) is 0 Å². The number of nitrogens with zero attached hydrogens (tertiary/aromatic N) is 1. The molecule has 0 radical (unpaired) electrons. The Morgan fingerprint density at radius 1 is 0.923 bits per heavy atom. The largest absolute Gasteiger partial charge is 0.459 e. The van der Waals surface area contributed by atoms with E-state index in [1.165, 1.54) is 0 Å². The summed E-state index contributed by atoms with van der Waals surface area (Å²) in [5.74, 6) is -0.240. The molecular weight excluding hydrogens is 342 g/mol. The van der Waals surface area contributed by atoms with Gasteiger partial charge in [0.15, 0.2) is 0 Å². The fourth-order valence-corrected chi connectivity index (χ4v) is 3.70. The summed E-state index contributed by atoms with van der Waals surface area (Å²) >= 11 is 1.56. The highest BCUT2D eigenvalue weighted by Crippen LogP contribution is 2.24. The fourth-order valence-electron chi connectivity index (χ4n) is 2.89. The summed E-state index contributed by atoms with van der Waals surface area (Å²) in [6, 6.07) is 24.0. The van der Waals surface area contributed by atoms with E-state index >= 15 is 0 Å². The van der Waals surface area contributed by atoms with Crippen molar-refractivity contribution in [3.05, 3.63) is 89.4 Å². The molecule has 0 aliphatic rings.